The van der Waals surface area contributed by atoms with E-state index in [9.17, 15) is 0 Å². The van der Waals surface area contributed by atoms with Crippen molar-refractivity contribution in [1.82, 2.24) is 20.2 Å². The average molecular weight is 294 g/mol. The number of rotatable bonds is 3. The molecule has 0 fully saturated rings. The lowest BCUT2D eigenvalue weighted by Gasteiger charge is -2.08. The second-order valence-corrected chi connectivity index (χ2v) is 6.39. The molecule has 3 aromatic rings. The predicted molar refractivity (Wildman–Crippen MR) is 82.6 cm³/mol. The Bertz CT molecular complexity index is 729. The summed E-state index contributed by atoms with van der Waals surface area (Å²) in [4.78, 5) is 0. The molecule has 1 heterocycles. The SMILES string of the molecule is c1ccc(-n2nnnc2SC2Cc3ccccc3C2)cc1. The first-order valence-electron chi connectivity index (χ1n) is 6.97. The molecule has 4 nitrogen and oxygen atoms in total. The Balaban J connectivity index is 1.56. The van der Waals surface area contributed by atoms with Crippen molar-refractivity contribution in [2.75, 3.05) is 0 Å². The molecule has 0 spiro atoms. The Labute approximate surface area is 127 Å². The Morgan fingerprint density at radius 2 is 1.57 bits per heavy atom. The van der Waals surface area contributed by atoms with E-state index < -0.39 is 0 Å². The summed E-state index contributed by atoms with van der Waals surface area (Å²) in [5.74, 6) is 0. The maximum absolute atomic E-state index is 4.18. The van der Waals surface area contributed by atoms with Crippen LogP contribution in [0, 0.1) is 0 Å². The molecule has 2 aromatic carbocycles. The van der Waals surface area contributed by atoms with Crippen LogP contribution in [0.3, 0.4) is 0 Å². The summed E-state index contributed by atoms with van der Waals surface area (Å²) >= 11 is 1.76. The molecule has 0 aliphatic heterocycles. The van der Waals surface area contributed by atoms with E-state index in [2.05, 4.69) is 39.8 Å². The highest BCUT2D eigenvalue weighted by atomic mass is 32.2. The van der Waals surface area contributed by atoms with E-state index in [0.29, 0.717) is 5.25 Å². The van der Waals surface area contributed by atoms with Crippen molar-refractivity contribution in [3.05, 3.63) is 65.7 Å². The van der Waals surface area contributed by atoms with E-state index in [1.165, 1.54) is 11.1 Å². The van der Waals surface area contributed by atoms with Crippen molar-refractivity contribution >= 4 is 11.8 Å². The minimum atomic E-state index is 0.510. The lowest BCUT2D eigenvalue weighted by molar-refractivity contribution is 0.753. The monoisotopic (exact) mass is 294 g/mol. The zero-order valence-corrected chi connectivity index (χ0v) is 12.2. The number of hydrogen-bond acceptors (Lipinski definition) is 4. The Morgan fingerprint density at radius 3 is 2.29 bits per heavy atom. The molecule has 1 aromatic heterocycles. The fraction of sp³-hybridized carbons (Fsp3) is 0.188. The maximum Gasteiger partial charge on any atom is 0.214 e. The van der Waals surface area contributed by atoms with Gasteiger partial charge in [-0.05, 0) is 46.5 Å². The number of para-hydroxylation sites is 1. The van der Waals surface area contributed by atoms with Crippen molar-refractivity contribution in [2.24, 2.45) is 0 Å². The number of nitrogens with zero attached hydrogens (tertiary/aromatic N) is 4. The van der Waals surface area contributed by atoms with Crippen LogP contribution in [-0.2, 0) is 12.8 Å². The first-order chi connectivity index (χ1) is 10.4. The van der Waals surface area contributed by atoms with Crippen LogP contribution in [0.5, 0.6) is 0 Å². The topological polar surface area (TPSA) is 43.6 Å². The molecule has 0 amide bonds. The molecule has 0 saturated carbocycles. The van der Waals surface area contributed by atoms with Gasteiger partial charge in [-0.3, -0.25) is 0 Å². The number of benzene rings is 2. The molecule has 0 saturated heterocycles. The molecule has 0 atom stereocenters. The largest absolute Gasteiger partial charge is 0.214 e. The summed E-state index contributed by atoms with van der Waals surface area (Å²) in [5.41, 5.74) is 3.91. The van der Waals surface area contributed by atoms with Crippen LogP contribution in [0.2, 0.25) is 0 Å². The molecular weight excluding hydrogens is 280 g/mol. The number of hydrogen-bond donors (Lipinski definition) is 0. The zero-order valence-electron chi connectivity index (χ0n) is 11.4. The molecule has 104 valence electrons. The third-order valence-corrected chi connectivity index (χ3v) is 4.86. The van der Waals surface area contributed by atoms with Gasteiger partial charge in [-0.2, -0.15) is 4.68 Å². The molecule has 0 bridgehead atoms. The van der Waals surface area contributed by atoms with Gasteiger partial charge in [0.15, 0.2) is 0 Å². The second-order valence-electron chi connectivity index (χ2n) is 5.13. The van der Waals surface area contributed by atoms with E-state index in [0.717, 1.165) is 23.7 Å². The van der Waals surface area contributed by atoms with Gasteiger partial charge in [0.05, 0.1) is 5.69 Å². The molecule has 21 heavy (non-hydrogen) atoms. The van der Waals surface area contributed by atoms with Crippen LogP contribution in [0.4, 0.5) is 0 Å². The van der Waals surface area contributed by atoms with E-state index in [1.54, 1.807) is 11.8 Å². The number of tetrazole rings is 1. The molecule has 5 heteroatoms. The standard InChI is InChI=1S/C16H14N4S/c1-2-8-14(9-3-1)20-16(17-18-19-20)21-15-10-12-6-4-5-7-13(12)11-15/h1-9,15H,10-11H2. The first kappa shape index (κ1) is 12.6. The lowest BCUT2D eigenvalue weighted by atomic mass is 10.1. The van der Waals surface area contributed by atoms with Gasteiger partial charge < -0.3 is 0 Å². The fourth-order valence-corrected chi connectivity index (χ4v) is 3.88. The van der Waals surface area contributed by atoms with Crippen molar-refractivity contribution in [3.63, 3.8) is 0 Å². The Morgan fingerprint density at radius 1 is 0.905 bits per heavy atom. The van der Waals surface area contributed by atoms with Gasteiger partial charge in [0.2, 0.25) is 5.16 Å². The van der Waals surface area contributed by atoms with Gasteiger partial charge in [-0.1, -0.05) is 54.2 Å². The average Bonchev–Trinajstić information content (AvgIpc) is 3.14. The summed E-state index contributed by atoms with van der Waals surface area (Å²) < 4.78 is 1.81. The fourth-order valence-electron chi connectivity index (χ4n) is 2.73. The molecule has 1 aliphatic rings. The van der Waals surface area contributed by atoms with Gasteiger partial charge in [0.1, 0.15) is 0 Å². The second kappa shape index (κ2) is 5.33. The minimum Gasteiger partial charge on any atom is -0.188 e. The Hall–Kier alpha value is -2.14. The van der Waals surface area contributed by atoms with Crippen molar-refractivity contribution in [3.8, 4) is 5.69 Å². The van der Waals surface area contributed by atoms with E-state index in [4.69, 9.17) is 0 Å². The third-order valence-electron chi connectivity index (χ3n) is 3.73. The van der Waals surface area contributed by atoms with Crippen LogP contribution in [0.15, 0.2) is 59.8 Å². The van der Waals surface area contributed by atoms with Crippen LogP contribution >= 0.6 is 11.8 Å². The quantitative estimate of drug-likeness (QED) is 0.745. The summed E-state index contributed by atoms with van der Waals surface area (Å²) in [5, 5.41) is 13.5. The molecule has 4 rings (SSSR count). The van der Waals surface area contributed by atoms with Crippen LogP contribution in [-0.4, -0.2) is 25.5 Å². The number of thioether (sulfide) groups is 1. The minimum absolute atomic E-state index is 0.510. The molecule has 0 N–H and O–H groups in total. The summed E-state index contributed by atoms with van der Waals surface area (Å²) in [6.07, 6.45) is 2.17. The summed E-state index contributed by atoms with van der Waals surface area (Å²) in [6.45, 7) is 0. The van der Waals surface area contributed by atoms with Crippen LogP contribution in [0.1, 0.15) is 11.1 Å². The van der Waals surface area contributed by atoms with Crippen LogP contribution in [0.25, 0.3) is 5.69 Å². The van der Waals surface area contributed by atoms with E-state index in [1.807, 2.05) is 35.0 Å². The molecule has 0 unspecified atom stereocenters. The highest BCUT2D eigenvalue weighted by molar-refractivity contribution is 7.99. The van der Waals surface area contributed by atoms with Gasteiger partial charge in [0.25, 0.3) is 0 Å². The maximum atomic E-state index is 4.18. The normalized spacial score (nSPS) is 14.3. The van der Waals surface area contributed by atoms with Crippen molar-refractivity contribution in [2.45, 2.75) is 23.2 Å². The smallest absolute Gasteiger partial charge is 0.188 e. The molecule has 0 radical (unpaired) electrons. The highest BCUT2D eigenvalue weighted by Crippen LogP contribution is 2.33. The number of aromatic nitrogens is 4. The summed E-state index contributed by atoms with van der Waals surface area (Å²) in [7, 11) is 0. The van der Waals surface area contributed by atoms with Crippen molar-refractivity contribution < 1.29 is 0 Å². The number of fused-ring (bicyclic) bond motifs is 1. The van der Waals surface area contributed by atoms with Crippen molar-refractivity contribution in [1.29, 1.82) is 0 Å². The zero-order chi connectivity index (χ0) is 14.1. The van der Waals surface area contributed by atoms with Gasteiger partial charge in [-0.15, -0.1) is 5.10 Å². The van der Waals surface area contributed by atoms with Gasteiger partial charge >= 0.3 is 0 Å². The van der Waals surface area contributed by atoms with E-state index in [-0.39, 0.29) is 0 Å². The van der Waals surface area contributed by atoms with Crippen LogP contribution < -0.4 is 0 Å². The first-order valence-corrected chi connectivity index (χ1v) is 7.85. The van der Waals surface area contributed by atoms with Gasteiger partial charge in [0, 0.05) is 5.25 Å². The summed E-state index contributed by atoms with van der Waals surface area (Å²) in [6, 6.07) is 18.7. The lowest BCUT2D eigenvalue weighted by Crippen LogP contribution is -2.05. The van der Waals surface area contributed by atoms with Gasteiger partial charge in [-0.25, -0.2) is 0 Å². The third kappa shape index (κ3) is 2.45. The molecular formula is C16H14N4S. The predicted octanol–water partition coefficient (Wildman–Crippen LogP) is 2.92. The Kier molecular flexibility index (Phi) is 3.20. The molecule has 1 aliphatic carbocycles. The van der Waals surface area contributed by atoms with E-state index >= 15 is 0 Å². The highest BCUT2D eigenvalue weighted by Gasteiger charge is 2.24.